The molecule has 1 aliphatic heterocycles. The van der Waals surface area contributed by atoms with E-state index in [0.717, 1.165) is 38.9 Å². The third kappa shape index (κ3) is 4.65. The molecule has 1 aliphatic rings. The molecule has 1 saturated heterocycles. The Hall–Kier alpha value is -1.77. The topological polar surface area (TPSA) is 85.4 Å². The Balaban J connectivity index is 1.68. The summed E-state index contributed by atoms with van der Waals surface area (Å²) in [4.78, 5) is 17.5. The molecule has 25 heavy (non-hydrogen) atoms. The van der Waals surface area contributed by atoms with Gasteiger partial charge in [0.05, 0.1) is 16.0 Å². The molecule has 0 saturated carbocycles. The molecule has 3 rings (SSSR count). The van der Waals surface area contributed by atoms with Crippen LogP contribution in [0.15, 0.2) is 35.4 Å². The van der Waals surface area contributed by atoms with Crippen LogP contribution >= 0.6 is 11.3 Å². The molecule has 0 unspecified atom stereocenters. The molecule has 0 amide bonds. The predicted octanol–water partition coefficient (Wildman–Crippen LogP) is 2.62. The Bertz CT molecular complexity index is 855. The van der Waals surface area contributed by atoms with Gasteiger partial charge in [-0.05, 0) is 30.9 Å². The molecule has 1 aromatic heterocycles. The highest BCUT2D eigenvalue weighted by molar-refractivity contribution is 7.90. The number of rotatable bonds is 6. The third-order valence-corrected chi connectivity index (χ3v) is 6.20. The zero-order valence-electron chi connectivity index (χ0n) is 13.9. The lowest BCUT2D eigenvalue weighted by Crippen LogP contribution is -2.22. The van der Waals surface area contributed by atoms with Crippen molar-refractivity contribution in [2.75, 3.05) is 31.3 Å². The monoisotopic (exact) mass is 380 g/mol. The standard InChI is InChI=1S/C17H20N2O4S2/c1-25(21,22)14-4-2-3-13(9-14)16(20)15-11-19-17(24-15)18-10-12-5-7-23-8-6-12/h2-4,9,11-12H,5-8,10H2,1H3,(H,18,19). The third-order valence-electron chi connectivity index (χ3n) is 4.14. The van der Waals surface area contributed by atoms with Gasteiger partial charge in [-0.2, -0.15) is 0 Å². The summed E-state index contributed by atoms with van der Waals surface area (Å²) in [5.41, 5.74) is 0.350. The number of aromatic nitrogens is 1. The van der Waals surface area contributed by atoms with E-state index in [1.165, 1.54) is 29.7 Å². The largest absolute Gasteiger partial charge is 0.381 e. The minimum absolute atomic E-state index is 0.140. The number of ether oxygens (including phenoxy) is 1. The van der Waals surface area contributed by atoms with Gasteiger partial charge in [-0.15, -0.1) is 0 Å². The minimum atomic E-state index is -3.34. The van der Waals surface area contributed by atoms with Gasteiger partial charge in [-0.25, -0.2) is 13.4 Å². The molecule has 0 aliphatic carbocycles. The fourth-order valence-electron chi connectivity index (χ4n) is 2.65. The van der Waals surface area contributed by atoms with Crippen molar-refractivity contribution in [1.82, 2.24) is 4.98 Å². The summed E-state index contributed by atoms with van der Waals surface area (Å²) in [5.74, 6) is 0.338. The van der Waals surface area contributed by atoms with Crippen molar-refractivity contribution >= 4 is 32.1 Å². The first-order valence-corrected chi connectivity index (χ1v) is 10.8. The summed E-state index contributed by atoms with van der Waals surface area (Å²) in [6, 6.07) is 6.09. The Kier molecular flexibility index (Phi) is 5.51. The highest BCUT2D eigenvalue weighted by Crippen LogP contribution is 2.24. The van der Waals surface area contributed by atoms with E-state index < -0.39 is 9.84 Å². The van der Waals surface area contributed by atoms with Crippen LogP contribution < -0.4 is 5.32 Å². The van der Waals surface area contributed by atoms with Crippen molar-refractivity contribution in [3.8, 4) is 0 Å². The summed E-state index contributed by atoms with van der Waals surface area (Å²) < 4.78 is 28.6. The normalized spacial score (nSPS) is 15.9. The van der Waals surface area contributed by atoms with Gasteiger partial charge < -0.3 is 10.1 Å². The van der Waals surface area contributed by atoms with E-state index >= 15 is 0 Å². The highest BCUT2D eigenvalue weighted by atomic mass is 32.2. The second-order valence-electron chi connectivity index (χ2n) is 6.10. The smallest absolute Gasteiger partial charge is 0.204 e. The number of benzene rings is 1. The van der Waals surface area contributed by atoms with E-state index in [1.807, 2.05) is 0 Å². The van der Waals surface area contributed by atoms with Gasteiger partial charge in [0.25, 0.3) is 0 Å². The molecule has 1 aromatic carbocycles. The number of nitrogens with one attached hydrogen (secondary N) is 1. The summed E-state index contributed by atoms with van der Waals surface area (Å²) in [5, 5.41) is 3.98. The number of carbonyl (C=O) groups excluding carboxylic acids is 1. The van der Waals surface area contributed by atoms with E-state index in [1.54, 1.807) is 12.1 Å². The van der Waals surface area contributed by atoms with E-state index in [9.17, 15) is 13.2 Å². The fraction of sp³-hybridized carbons (Fsp3) is 0.412. The second kappa shape index (κ2) is 7.63. The maximum Gasteiger partial charge on any atom is 0.204 e. The number of nitrogens with zero attached hydrogens (tertiary/aromatic N) is 1. The first-order valence-electron chi connectivity index (χ1n) is 8.06. The SMILES string of the molecule is CS(=O)(=O)c1cccc(C(=O)c2cnc(NCC3CCOCC3)s2)c1. The Morgan fingerprint density at radius 1 is 1.36 bits per heavy atom. The summed E-state index contributed by atoms with van der Waals surface area (Å²) in [6.45, 7) is 2.41. The summed E-state index contributed by atoms with van der Waals surface area (Å²) in [7, 11) is -3.34. The van der Waals surface area contributed by atoms with Crippen LogP contribution in [-0.2, 0) is 14.6 Å². The Labute approximate surface area is 151 Å². The summed E-state index contributed by atoms with van der Waals surface area (Å²) >= 11 is 1.29. The molecular formula is C17H20N2O4S2. The van der Waals surface area contributed by atoms with Gasteiger partial charge in [-0.3, -0.25) is 4.79 Å². The lowest BCUT2D eigenvalue weighted by Gasteiger charge is -2.21. The van der Waals surface area contributed by atoms with Crippen molar-refractivity contribution in [2.45, 2.75) is 17.7 Å². The van der Waals surface area contributed by atoms with Crippen LogP contribution in [0.3, 0.4) is 0 Å². The van der Waals surface area contributed by atoms with Crippen molar-refractivity contribution in [3.63, 3.8) is 0 Å². The van der Waals surface area contributed by atoms with Crippen LogP contribution in [0.5, 0.6) is 0 Å². The van der Waals surface area contributed by atoms with Gasteiger partial charge in [0.2, 0.25) is 5.78 Å². The van der Waals surface area contributed by atoms with Gasteiger partial charge in [0.1, 0.15) is 0 Å². The molecule has 1 N–H and O–H groups in total. The molecule has 2 aromatic rings. The zero-order chi connectivity index (χ0) is 17.9. The van der Waals surface area contributed by atoms with Crippen molar-refractivity contribution in [2.24, 2.45) is 5.92 Å². The van der Waals surface area contributed by atoms with Crippen molar-refractivity contribution in [3.05, 3.63) is 40.9 Å². The molecule has 6 nitrogen and oxygen atoms in total. The van der Waals surface area contributed by atoms with Crippen LogP contribution in [-0.4, -0.2) is 45.2 Å². The fourth-order valence-corrected chi connectivity index (χ4v) is 4.11. The minimum Gasteiger partial charge on any atom is -0.381 e. The number of hydrogen-bond acceptors (Lipinski definition) is 7. The van der Waals surface area contributed by atoms with E-state index in [2.05, 4.69) is 10.3 Å². The number of ketones is 1. The van der Waals surface area contributed by atoms with E-state index in [-0.39, 0.29) is 10.7 Å². The number of thiazole rings is 1. The lowest BCUT2D eigenvalue weighted by molar-refractivity contribution is 0.0699. The summed E-state index contributed by atoms with van der Waals surface area (Å²) in [6.07, 6.45) is 4.72. The van der Waals surface area contributed by atoms with Gasteiger partial charge in [0.15, 0.2) is 15.0 Å². The molecule has 0 bridgehead atoms. The molecule has 0 radical (unpaired) electrons. The number of hydrogen-bond donors (Lipinski definition) is 1. The lowest BCUT2D eigenvalue weighted by atomic mass is 10.0. The number of carbonyl (C=O) groups is 1. The molecule has 8 heteroatoms. The van der Waals surface area contributed by atoms with Crippen molar-refractivity contribution < 1.29 is 17.9 Å². The van der Waals surface area contributed by atoms with Crippen LogP contribution in [0.1, 0.15) is 28.1 Å². The average Bonchev–Trinajstić information content (AvgIpc) is 3.08. The Morgan fingerprint density at radius 2 is 2.12 bits per heavy atom. The zero-order valence-corrected chi connectivity index (χ0v) is 15.5. The Morgan fingerprint density at radius 3 is 2.84 bits per heavy atom. The molecule has 0 atom stereocenters. The first kappa shape index (κ1) is 18.0. The highest BCUT2D eigenvalue weighted by Gasteiger charge is 2.17. The number of anilines is 1. The first-order chi connectivity index (χ1) is 11.9. The molecule has 2 heterocycles. The molecule has 0 spiro atoms. The van der Waals surface area contributed by atoms with Crippen LogP contribution in [0.4, 0.5) is 5.13 Å². The van der Waals surface area contributed by atoms with E-state index in [0.29, 0.717) is 21.5 Å². The van der Waals surface area contributed by atoms with Crippen molar-refractivity contribution in [1.29, 1.82) is 0 Å². The molecular weight excluding hydrogens is 360 g/mol. The molecule has 134 valence electrons. The predicted molar refractivity (Wildman–Crippen MR) is 97.1 cm³/mol. The van der Waals surface area contributed by atoms with Gasteiger partial charge in [-0.1, -0.05) is 23.5 Å². The number of sulfone groups is 1. The maximum atomic E-state index is 12.6. The van der Waals surface area contributed by atoms with Crippen LogP contribution in [0.25, 0.3) is 0 Å². The van der Waals surface area contributed by atoms with Crippen LogP contribution in [0, 0.1) is 5.92 Å². The van der Waals surface area contributed by atoms with Gasteiger partial charge >= 0.3 is 0 Å². The van der Waals surface area contributed by atoms with Gasteiger partial charge in [0, 0.05) is 31.6 Å². The quantitative estimate of drug-likeness (QED) is 0.776. The van der Waals surface area contributed by atoms with E-state index in [4.69, 9.17) is 4.74 Å². The second-order valence-corrected chi connectivity index (χ2v) is 9.14. The molecule has 1 fully saturated rings. The maximum absolute atomic E-state index is 12.6. The van der Waals surface area contributed by atoms with Crippen LogP contribution in [0.2, 0.25) is 0 Å². The average molecular weight is 380 g/mol.